The number of nitrogens with zero attached hydrogens (tertiary/aromatic N) is 4. The van der Waals surface area contributed by atoms with Crippen LogP contribution in [0.1, 0.15) is 21.5 Å². The number of rotatable bonds is 9. The standard InChI is InChI=1S/C21H8F6N4O12/c22-20(23,24)9-3-13(28(34)35)17(14(4-9)29(36)37)42-11-1-8(19(32)33)2-12(7-11)43-18-15(30(38)39)5-10(21(25,26)27)6-16(18)31(40)41/h1-7H,(H,32,33). The van der Waals surface area contributed by atoms with Gasteiger partial charge in [0.05, 0.1) is 36.4 Å². The first-order valence-electron chi connectivity index (χ1n) is 10.5. The van der Waals surface area contributed by atoms with Gasteiger partial charge in [0, 0.05) is 30.3 Å². The van der Waals surface area contributed by atoms with E-state index in [1.165, 1.54) is 0 Å². The highest BCUT2D eigenvalue weighted by molar-refractivity contribution is 5.89. The van der Waals surface area contributed by atoms with Gasteiger partial charge in [0.15, 0.2) is 0 Å². The van der Waals surface area contributed by atoms with Crippen molar-refractivity contribution in [3.63, 3.8) is 0 Å². The third-order valence-electron chi connectivity index (χ3n) is 5.11. The summed E-state index contributed by atoms with van der Waals surface area (Å²) in [7, 11) is 0. The summed E-state index contributed by atoms with van der Waals surface area (Å²) >= 11 is 0. The van der Waals surface area contributed by atoms with Crippen LogP contribution in [-0.4, -0.2) is 30.8 Å². The van der Waals surface area contributed by atoms with E-state index in [9.17, 15) is 76.7 Å². The van der Waals surface area contributed by atoms with Crippen LogP contribution < -0.4 is 9.47 Å². The van der Waals surface area contributed by atoms with E-state index < -0.39 is 100 Å². The molecule has 16 nitrogen and oxygen atoms in total. The van der Waals surface area contributed by atoms with Crippen molar-refractivity contribution < 1.29 is 65.4 Å². The monoisotopic (exact) mass is 622 g/mol. The number of halogens is 6. The fourth-order valence-electron chi connectivity index (χ4n) is 3.32. The van der Waals surface area contributed by atoms with Crippen molar-refractivity contribution >= 4 is 28.7 Å². The van der Waals surface area contributed by atoms with Gasteiger partial charge in [-0.1, -0.05) is 0 Å². The largest absolute Gasteiger partial charge is 0.478 e. The predicted molar refractivity (Wildman–Crippen MR) is 123 cm³/mol. The molecule has 0 aliphatic heterocycles. The average molecular weight is 622 g/mol. The third kappa shape index (κ3) is 6.80. The molecule has 43 heavy (non-hydrogen) atoms. The molecular weight excluding hydrogens is 614 g/mol. The minimum atomic E-state index is -5.30. The van der Waals surface area contributed by atoms with Gasteiger partial charge in [-0.25, -0.2) is 4.79 Å². The second kappa shape index (κ2) is 11.1. The second-order valence-electron chi connectivity index (χ2n) is 7.91. The first kappa shape index (κ1) is 31.4. The van der Waals surface area contributed by atoms with Gasteiger partial charge < -0.3 is 14.6 Å². The van der Waals surface area contributed by atoms with E-state index in [1.807, 2.05) is 0 Å². The summed E-state index contributed by atoms with van der Waals surface area (Å²) in [6.45, 7) is 0. The maximum atomic E-state index is 13.2. The van der Waals surface area contributed by atoms with E-state index in [4.69, 9.17) is 9.47 Å². The van der Waals surface area contributed by atoms with Crippen molar-refractivity contribution in [1.29, 1.82) is 0 Å². The van der Waals surface area contributed by atoms with E-state index >= 15 is 0 Å². The molecule has 0 atom stereocenters. The summed E-state index contributed by atoms with van der Waals surface area (Å²) in [5, 5.41) is 55.2. The summed E-state index contributed by atoms with van der Waals surface area (Å²) < 4.78 is 89.1. The number of hydrogen-bond donors (Lipinski definition) is 1. The molecule has 0 bridgehead atoms. The predicted octanol–water partition coefficient (Wildman–Crippen LogP) is 6.64. The van der Waals surface area contributed by atoms with Gasteiger partial charge in [0.1, 0.15) is 11.5 Å². The van der Waals surface area contributed by atoms with Crippen molar-refractivity contribution in [2.45, 2.75) is 12.4 Å². The van der Waals surface area contributed by atoms with E-state index in [0.29, 0.717) is 18.2 Å². The fraction of sp³-hybridized carbons (Fsp3) is 0.0952. The molecule has 1 N–H and O–H groups in total. The van der Waals surface area contributed by atoms with Gasteiger partial charge in [-0.2, -0.15) is 26.3 Å². The Kier molecular flexibility index (Phi) is 8.08. The second-order valence-corrected chi connectivity index (χ2v) is 7.91. The number of carbonyl (C=O) groups is 1. The number of ether oxygens (including phenoxy) is 2. The van der Waals surface area contributed by atoms with Gasteiger partial charge in [-0.15, -0.1) is 0 Å². The molecule has 0 aliphatic rings. The normalized spacial score (nSPS) is 11.5. The molecule has 0 spiro atoms. The topological polar surface area (TPSA) is 228 Å². The lowest BCUT2D eigenvalue weighted by molar-refractivity contribution is -0.396. The minimum Gasteiger partial charge on any atom is -0.478 e. The highest BCUT2D eigenvalue weighted by Gasteiger charge is 2.40. The molecule has 0 saturated carbocycles. The molecule has 22 heteroatoms. The molecule has 3 aromatic carbocycles. The third-order valence-corrected chi connectivity index (χ3v) is 5.11. The molecule has 0 heterocycles. The van der Waals surface area contributed by atoms with Crippen LogP contribution in [0.3, 0.4) is 0 Å². The zero-order valence-electron chi connectivity index (χ0n) is 20.0. The summed E-state index contributed by atoms with van der Waals surface area (Å²) in [5.74, 6) is -6.66. The smallest absolute Gasteiger partial charge is 0.416 e. The Hall–Kier alpha value is -6.09. The van der Waals surface area contributed by atoms with Gasteiger partial charge in [0.2, 0.25) is 0 Å². The van der Waals surface area contributed by atoms with Crippen LogP contribution in [-0.2, 0) is 12.4 Å². The molecule has 0 fully saturated rings. The van der Waals surface area contributed by atoms with Crippen LogP contribution in [0, 0.1) is 40.5 Å². The summed E-state index contributed by atoms with van der Waals surface area (Å²) in [6.07, 6.45) is -10.6. The lowest BCUT2D eigenvalue weighted by Gasteiger charge is -2.13. The maximum Gasteiger partial charge on any atom is 0.416 e. The summed E-state index contributed by atoms with van der Waals surface area (Å²) in [4.78, 5) is 51.5. The van der Waals surface area contributed by atoms with Crippen LogP contribution in [0.15, 0.2) is 42.5 Å². The summed E-state index contributed by atoms with van der Waals surface area (Å²) in [6, 6.07) is 0.991. The Morgan fingerprint density at radius 2 is 0.860 bits per heavy atom. The van der Waals surface area contributed by atoms with Crippen LogP contribution in [0.5, 0.6) is 23.0 Å². The molecule has 0 radical (unpaired) electrons. The SMILES string of the molecule is O=C(O)c1cc(Oc2c([N+](=O)[O-])cc(C(F)(F)F)cc2[N+](=O)[O-])cc(Oc2c([N+](=O)[O-])cc(C(F)(F)F)cc2[N+](=O)[O-])c1. The van der Waals surface area contributed by atoms with Crippen molar-refractivity contribution in [2.75, 3.05) is 0 Å². The first-order chi connectivity index (χ1) is 19.7. The van der Waals surface area contributed by atoms with E-state index in [1.54, 1.807) is 0 Å². The van der Waals surface area contributed by atoms with Crippen LogP contribution >= 0.6 is 0 Å². The van der Waals surface area contributed by atoms with Crippen LogP contribution in [0.25, 0.3) is 0 Å². The fourth-order valence-corrected chi connectivity index (χ4v) is 3.32. The van der Waals surface area contributed by atoms with Crippen molar-refractivity contribution in [3.8, 4) is 23.0 Å². The van der Waals surface area contributed by atoms with E-state index in [2.05, 4.69) is 0 Å². The van der Waals surface area contributed by atoms with E-state index in [-0.39, 0.29) is 24.3 Å². The average Bonchev–Trinajstić information content (AvgIpc) is 2.86. The number of hydrogen-bond acceptors (Lipinski definition) is 11. The Balaban J connectivity index is 2.26. The lowest BCUT2D eigenvalue weighted by Crippen LogP contribution is -2.09. The van der Waals surface area contributed by atoms with Crippen molar-refractivity contribution in [3.05, 3.63) is 99.6 Å². The van der Waals surface area contributed by atoms with Gasteiger partial charge in [0.25, 0.3) is 11.5 Å². The number of nitro groups is 4. The molecular formula is C21H8F6N4O12. The number of aromatic carboxylic acids is 1. The molecule has 0 unspecified atom stereocenters. The number of carboxylic acid groups (broad SMARTS) is 1. The Labute approximate surface area is 229 Å². The zero-order valence-corrected chi connectivity index (χ0v) is 20.0. The molecule has 0 aromatic heterocycles. The maximum absolute atomic E-state index is 13.2. The number of nitro benzene ring substituents is 4. The molecule has 3 aromatic rings. The van der Waals surface area contributed by atoms with Crippen LogP contribution in [0.2, 0.25) is 0 Å². The zero-order chi connectivity index (χ0) is 32.6. The van der Waals surface area contributed by atoms with E-state index in [0.717, 1.165) is 0 Å². The lowest BCUT2D eigenvalue weighted by atomic mass is 10.1. The Morgan fingerprint density at radius 3 is 1.07 bits per heavy atom. The number of carboxylic acids is 1. The van der Waals surface area contributed by atoms with Crippen molar-refractivity contribution in [2.24, 2.45) is 0 Å². The van der Waals surface area contributed by atoms with Gasteiger partial charge in [-0.3, -0.25) is 40.5 Å². The number of alkyl halides is 6. The molecule has 0 aliphatic carbocycles. The highest BCUT2D eigenvalue weighted by atomic mass is 19.4. The molecule has 226 valence electrons. The minimum absolute atomic E-state index is 0.129. The summed E-state index contributed by atoms with van der Waals surface area (Å²) in [5.41, 5.74) is -11.0. The van der Waals surface area contributed by atoms with Crippen LogP contribution in [0.4, 0.5) is 49.1 Å². The first-order valence-corrected chi connectivity index (χ1v) is 10.5. The molecule has 3 rings (SSSR count). The van der Waals surface area contributed by atoms with Crippen molar-refractivity contribution in [1.82, 2.24) is 0 Å². The highest BCUT2D eigenvalue weighted by Crippen LogP contribution is 2.47. The van der Waals surface area contributed by atoms with Gasteiger partial charge >= 0.3 is 41.1 Å². The quantitative estimate of drug-likeness (QED) is 0.150. The number of benzene rings is 3. The Morgan fingerprint density at radius 1 is 0.581 bits per heavy atom. The Bertz CT molecular complexity index is 1520. The molecule has 0 saturated heterocycles. The van der Waals surface area contributed by atoms with Gasteiger partial charge in [-0.05, 0) is 12.1 Å². The molecule has 0 amide bonds.